The quantitative estimate of drug-likeness (QED) is 0.733. The molecule has 0 saturated heterocycles. The molecule has 0 heterocycles. The molecule has 1 nitrogen and oxygen atoms in total. The van der Waals surface area contributed by atoms with Crippen LogP contribution in [0.5, 0.6) is 0 Å². The molecule has 0 amide bonds. The molecule has 1 aliphatic rings. The summed E-state index contributed by atoms with van der Waals surface area (Å²) in [6.45, 7) is 3.78. The highest BCUT2D eigenvalue weighted by molar-refractivity contribution is 5.55. The summed E-state index contributed by atoms with van der Waals surface area (Å²) >= 11 is 0. The lowest BCUT2D eigenvalue weighted by Gasteiger charge is -2.25. The summed E-state index contributed by atoms with van der Waals surface area (Å²) in [6, 6.07) is 4.07. The minimum Gasteiger partial charge on any atom is -0.313 e. The van der Waals surface area contributed by atoms with Crippen molar-refractivity contribution in [1.82, 2.24) is 5.32 Å². The van der Waals surface area contributed by atoms with Crippen molar-refractivity contribution >= 4 is 6.08 Å². The first-order valence-corrected chi connectivity index (χ1v) is 8.07. The molecule has 2 rings (SSSR count). The molecule has 1 aromatic rings. The molecule has 1 fully saturated rings. The fourth-order valence-electron chi connectivity index (χ4n) is 3.03. The van der Waals surface area contributed by atoms with Crippen molar-refractivity contribution in [1.29, 1.82) is 0 Å². The van der Waals surface area contributed by atoms with Gasteiger partial charge in [0.05, 0.1) is 0 Å². The van der Waals surface area contributed by atoms with Gasteiger partial charge in [0.25, 0.3) is 0 Å². The van der Waals surface area contributed by atoms with E-state index in [1.54, 1.807) is 6.08 Å². The lowest BCUT2D eigenvalue weighted by atomic mass is 9.83. The SMILES string of the molecule is CCCNC/C(=C/c1c(F)cccc1F)C1CCCCC1. The fourth-order valence-corrected chi connectivity index (χ4v) is 3.03. The van der Waals surface area contributed by atoms with Gasteiger partial charge in [-0.25, -0.2) is 8.78 Å². The van der Waals surface area contributed by atoms with Gasteiger partial charge < -0.3 is 5.32 Å². The number of halogens is 2. The van der Waals surface area contributed by atoms with Crippen molar-refractivity contribution in [2.24, 2.45) is 5.92 Å². The molecule has 0 aromatic heterocycles. The maximum atomic E-state index is 13.9. The predicted octanol–water partition coefficient (Wildman–Crippen LogP) is 4.93. The lowest BCUT2D eigenvalue weighted by Crippen LogP contribution is -2.23. The zero-order chi connectivity index (χ0) is 15.1. The first kappa shape index (κ1) is 16.2. The maximum absolute atomic E-state index is 13.9. The first-order chi connectivity index (χ1) is 10.2. The van der Waals surface area contributed by atoms with E-state index >= 15 is 0 Å². The van der Waals surface area contributed by atoms with Crippen LogP contribution in [0.2, 0.25) is 0 Å². The second-order valence-electron chi connectivity index (χ2n) is 5.87. The Morgan fingerprint density at radius 1 is 1.19 bits per heavy atom. The van der Waals surface area contributed by atoms with E-state index < -0.39 is 11.6 Å². The molecule has 3 heteroatoms. The first-order valence-electron chi connectivity index (χ1n) is 8.07. The van der Waals surface area contributed by atoms with Gasteiger partial charge in [-0.2, -0.15) is 0 Å². The van der Waals surface area contributed by atoms with E-state index in [1.165, 1.54) is 37.5 Å². The highest BCUT2D eigenvalue weighted by Gasteiger charge is 2.18. The maximum Gasteiger partial charge on any atom is 0.133 e. The van der Waals surface area contributed by atoms with Gasteiger partial charge in [-0.05, 0) is 49.9 Å². The topological polar surface area (TPSA) is 12.0 Å². The van der Waals surface area contributed by atoms with Crippen molar-refractivity contribution in [2.45, 2.75) is 45.4 Å². The zero-order valence-electron chi connectivity index (χ0n) is 12.8. The van der Waals surface area contributed by atoms with Crippen LogP contribution < -0.4 is 5.32 Å². The largest absolute Gasteiger partial charge is 0.313 e. The Hall–Kier alpha value is -1.22. The monoisotopic (exact) mass is 293 g/mol. The Morgan fingerprint density at radius 3 is 2.48 bits per heavy atom. The smallest absolute Gasteiger partial charge is 0.133 e. The lowest BCUT2D eigenvalue weighted by molar-refractivity contribution is 0.396. The second-order valence-corrected chi connectivity index (χ2v) is 5.87. The van der Waals surface area contributed by atoms with E-state index in [1.807, 2.05) is 0 Å². The van der Waals surface area contributed by atoms with Crippen LogP contribution in [0.15, 0.2) is 23.8 Å². The zero-order valence-corrected chi connectivity index (χ0v) is 12.8. The van der Waals surface area contributed by atoms with Crippen LogP contribution in [0.4, 0.5) is 8.78 Å². The van der Waals surface area contributed by atoms with Crippen molar-refractivity contribution < 1.29 is 8.78 Å². The van der Waals surface area contributed by atoms with Gasteiger partial charge in [0.2, 0.25) is 0 Å². The Balaban J connectivity index is 2.22. The minimum atomic E-state index is -0.473. The molecule has 0 radical (unpaired) electrons. The Labute approximate surface area is 126 Å². The van der Waals surface area contributed by atoms with Gasteiger partial charge in [-0.1, -0.05) is 37.8 Å². The van der Waals surface area contributed by atoms with E-state index in [2.05, 4.69) is 12.2 Å². The molecular formula is C18H25F2N. The number of hydrogen-bond donors (Lipinski definition) is 1. The third-order valence-corrected chi connectivity index (χ3v) is 4.21. The summed E-state index contributed by atoms with van der Waals surface area (Å²) in [5.74, 6) is -0.486. The molecule has 0 atom stereocenters. The molecule has 1 N–H and O–H groups in total. The average Bonchev–Trinajstić information content (AvgIpc) is 2.50. The van der Waals surface area contributed by atoms with Crippen molar-refractivity contribution in [3.8, 4) is 0 Å². The molecule has 1 saturated carbocycles. The summed E-state index contributed by atoms with van der Waals surface area (Å²) in [6.07, 6.45) is 8.78. The molecule has 0 unspecified atom stereocenters. The van der Waals surface area contributed by atoms with Crippen LogP contribution in [0.1, 0.15) is 51.0 Å². The second kappa shape index (κ2) is 8.28. The summed E-state index contributed by atoms with van der Waals surface area (Å²) in [4.78, 5) is 0. The summed E-state index contributed by atoms with van der Waals surface area (Å²) in [5.41, 5.74) is 1.25. The number of benzene rings is 1. The van der Waals surface area contributed by atoms with E-state index in [0.717, 1.165) is 37.9 Å². The summed E-state index contributed by atoms with van der Waals surface area (Å²) in [5, 5.41) is 3.38. The van der Waals surface area contributed by atoms with Crippen LogP contribution in [-0.4, -0.2) is 13.1 Å². The van der Waals surface area contributed by atoms with Crippen molar-refractivity contribution in [3.05, 3.63) is 41.0 Å². The summed E-state index contributed by atoms with van der Waals surface area (Å²) in [7, 11) is 0. The third kappa shape index (κ3) is 4.63. The summed E-state index contributed by atoms with van der Waals surface area (Å²) < 4.78 is 27.7. The van der Waals surface area contributed by atoms with Crippen molar-refractivity contribution in [3.63, 3.8) is 0 Å². The highest BCUT2D eigenvalue weighted by atomic mass is 19.1. The average molecular weight is 293 g/mol. The molecule has 0 aliphatic heterocycles. The number of nitrogens with one attached hydrogen (secondary N) is 1. The normalized spacial score (nSPS) is 17.2. The van der Waals surface area contributed by atoms with Gasteiger partial charge in [-0.15, -0.1) is 0 Å². The third-order valence-electron chi connectivity index (χ3n) is 4.21. The van der Waals surface area contributed by atoms with Gasteiger partial charge >= 0.3 is 0 Å². The van der Waals surface area contributed by atoms with Gasteiger partial charge in [0.1, 0.15) is 11.6 Å². The van der Waals surface area contributed by atoms with Crippen LogP contribution >= 0.6 is 0 Å². The van der Waals surface area contributed by atoms with Crippen LogP contribution in [0.3, 0.4) is 0 Å². The molecular weight excluding hydrogens is 268 g/mol. The van der Waals surface area contributed by atoms with Gasteiger partial charge in [0.15, 0.2) is 0 Å². The van der Waals surface area contributed by atoms with E-state index in [9.17, 15) is 8.78 Å². The standard InChI is InChI=1S/C18H25F2N/c1-2-11-21-13-15(14-7-4-3-5-8-14)12-16-17(19)9-6-10-18(16)20/h6,9-10,12,14,21H,2-5,7-8,11,13H2,1H3/b15-12-. The highest BCUT2D eigenvalue weighted by Crippen LogP contribution is 2.31. The molecule has 116 valence electrons. The van der Waals surface area contributed by atoms with Crippen LogP contribution in [-0.2, 0) is 0 Å². The number of hydrogen-bond acceptors (Lipinski definition) is 1. The Bertz CT molecular complexity index is 456. The molecule has 0 bridgehead atoms. The minimum absolute atomic E-state index is 0.108. The molecule has 1 aliphatic carbocycles. The number of rotatable bonds is 6. The molecule has 0 spiro atoms. The van der Waals surface area contributed by atoms with E-state index in [-0.39, 0.29) is 5.56 Å². The van der Waals surface area contributed by atoms with Crippen LogP contribution in [0, 0.1) is 17.6 Å². The van der Waals surface area contributed by atoms with Gasteiger partial charge in [0, 0.05) is 12.1 Å². The fraction of sp³-hybridized carbons (Fsp3) is 0.556. The Morgan fingerprint density at radius 2 is 1.86 bits per heavy atom. The predicted molar refractivity (Wildman–Crippen MR) is 84.1 cm³/mol. The Kier molecular flexibility index (Phi) is 6.37. The molecule has 21 heavy (non-hydrogen) atoms. The van der Waals surface area contributed by atoms with E-state index in [4.69, 9.17) is 0 Å². The van der Waals surface area contributed by atoms with E-state index in [0.29, 0.717) is 5.92 Å². The van der Waals surface area contributed by atoms with Gasteiger partial charge in [-0.3, -0.25) is 0 Å². The van der Waals surface area contributed by atoms with Crippen LogP contribution in [0.25, 0.3) is 6.08 Å². The molecule has 1 aromatic carbocycles. The van der Waals surface area contributed by atoms with Crippen molar-refractivity contribution in [2.75, 3.05) is 13.1 Å².